The number of halogens is 6. The minimum atomic E-state index is -5.08. The van der Waals surface area contributed by atoms with Gasteiger partial charge in [-0.2, -0.15) is 31.3 Å². The highest BCUT2D eigenvalue weighted by Gasteiger charge is 2.38. The maximum atomic E-state index is 13.6. The monoisotopic (exact) mass is 565 g/mol. The molecule has 4 N–H and O–H groups in total. The molecule has 0 bridgehead atoms. The molecule has 2 heterocycles. The normalized spacial score (nSPS) is 15.8. The number of carboxylic acid groups (broad SMARTS) is 1. The Morgan fingerprint density at radius 3 is 2.54 bits per heavy atom. The van der Waals surface area contributed by atoms with Gasteiger partial charge in [0.15, 0.2) is 5.96 Å². The molecule has 3 rings (SSSR count). The van der Waals surface area contributed by atoms with Crippen molar-refractivity contribution in [2.24, 2.45) is 5.73 Å². The van der Waals surface area contributed by atoms with Gasteiger partial charge in [0.1, 0.15) is 18.4 Å². The van der Waals surface area contributed by atoms with Gasteiger partial charge in [0.2, 0.25) is 11.7 Å². The zero-order valence-electron chi connectivity index (χ0n) is 21.0. The van der Waals surface area contributed by atoms with E-state index in [9.17, 15) is 26.3 Å². The van der Waals surface area contributed by atoms with Crippen LogP contribution < -0.4 is 10.5 Å². The topological polar surface area (TPSA) is 139 Å². The lowest BCUT2D eigenvalue weighted by molar-refractivity contribution is -0.192. The molecule has 1 atom stereocenters. The van der Waals surface area contributed by atoms with Crippen molar-refractivity contribution in [1.82, 2.24) is 15.0 Å². The summed E-state index contributed by atoms with van der Waals surface area (Å²) in [5, 5.41) is 18.6. The van der Waals surface area contributed by atoms with Gasteiger partial charge in [-0.05, 0) is 43.9 Å². The lowest BCUT2D eigenvalue weighted by Crippen LogP contribution is -2.35. The largest absolute Gasteiger partial charge is 0.490 e. The van der Waals surface area contributed by atoms with Crippen LogP contribution in [0.4, 0.5) is 26.3 Å². The molecule has 216 valence electrons. The summed E-state index contributed by atoms with van der Waals surface area (Å²) < 4.78 is 83.3. The minimum absolute atomic E-state index is 0.0447. The van der Waals surface area contributed by atoms with Crippen molar-refractivity contribution in [1.29, 1.82) is 5.41 Å². The number of aromatic nitrogens is 2. The molecule has 0 saturated carbocycles. The molecule has 0 unspecified atom stereocenters. The van der Waals surface area contributed by atoms with Gasteiger partial charge in [0.05, 0.1) is 5.56 Å². The molecule has 2 aromatic rings. The number of unbranched alkanes of at least 4 members (excludes halogenated alkanes) is 3. The Labute approximate surface area is 220 Å². The van der Waals surface area contributed by atoms with E-state index in [0.29, 0.717) is 13.0 Å². The molecule has 1 aromatic carbocycles. The second kappa shape index (κ2) is 13.8. The van der Waals surface area contributed by atoms with E-state index in [4.69, 9.17) is 30.3 Å². The van der Waals surface area contributed by atoms with E-state index in [0.717, 1.165) is 38.2 Å². The van der Waals surface area contributed by atoms with Crippen LogP contribution in [-0.2, 0) is 11.0 Å². The molecule has 1 aliphatic heterocycles. The number of aliphatic carboxylic acids is 1. The van der Waals surface area contributed by atoms with E-state index in [1.54, 1.807) is 11.0 Å². The Hall–Kier alpha value is -3.78. The van der Waals surface area contributed by atoms with Crippen LogP contribution in [0.25, 0.3) is 11.4 Å². The van der Waals surface area contributed by atoms with Crippen LogP contribution in [0.5, 0.6) is 5.75 Å². The Morgan fingerprint density at radius 1 is 1.26 bits per heavy atom. The quantitative estimate of drug-likeness (QED) is 0.112. The summed E-state index contributed by atoms with van der Waals surface area (Å²) in [5.74, 6) is -2.83. The molecule has 0 radical (unpaired) electrons. The van der Waals surface area contributed by atoms with Gasteiger partial charge in [0, 0.05) is 12.1 Å². The third-order valence-corrected chi connectivity index (χ3v) is 5.55. The number of carboxylic acids is 1. The third-order valence-electron chi connectivity index (χ3n) is 5.55. The van der Waals surface area contributed by atoms with E-state index in [1.165, 1.54) is 12.1 Å². The number of guanidine groups is 1. The van der Waals surface area contributed by atoms with Crippen LogP contribution in [-0.4, -0.2) is 51.4 Å². The number of nitrogens with two attached hydrogens (primary N) is 1. The smallest absolute Gasteiger partial charge is 0.489 e. The number of nitrogens with one attached hydrogen (secondary N) is 1. The van der Waals surface area contributed by atoms with Crippen molar-refractivity contribution in [3.05, 3.63) is 41.8 Å². The zero-order valence-corrected chi connectivity index (χ0v) is 21.0. The van der Waals surface area contributed by atoms with Gasteiger partial charge in [-0.3, -0.25) is 5.41 Å². The molecule has 39 heavy (non-hydrogen) atoms. The van der Waals surface area contributed by atoms with Crippen LogP contribution >= 0.6 is 0 Å². The fraction of sp³-hybridized carbons (Fsp3) is 0.500. The second-order valence-corrected chi connectivity index (χ2v) is 8.48. The summed E-state index contributed by atoms with van der Waals surface area (Å²) >= 11 is 0. The molecule has 9 nitrogen and oxygen atoms in total. The summed E-state index contributed by atoms with van der Waals surface area (Å²) in [4.78, 5) is 14.8. The standard InChI is InChI=1S/C22H28F3N5O2.C2HF3O2/c1-2-3-4-5-6-7-13-31-18-11-10-15(14-16(18)22(23,24)25)19-28-20(32-29-19)17-9-8-12-30(17)21(26)27;3-2(4,5)1(6)7/h6-7,10-11,14,17H,2-5,8-9,12-13H2,1H3,(H3,26,27);(H,6,7)/t17-;/m0./s1. The Balaban J connectivity index is 0.000000673. The van der Waals surface area contributed by atoms with Crippen molar-refractivity contribution in [2.75, 3.05) is 13.2 Å². The number of allylic oxidation sites excluding steroid dienone is 1. The zero-order chi connectivity index (χ0) is 29.2. The average molecular weight is 566 g/mol. The van der Waals surface area contributed by atoms with Gasteiger partial charge >= 0.3 is 18.3 Å². The van der Waals surface area contributed by atoms with Gasteiger partial charge in [-0.25, -0.2) is 4.79 Å². The lowest BCUT2D eigenvalue weighted by atomic mass is 10.1. The summed E-state index contributed by atoms with van der Waals surface area (Å²) in [6.07, 6.45) is -0.382. The molecule has 1 saturated heterocycles. The van der Waals surface area contributed by atoms with E-state index >= 15 is 0 Å². The van der Waals surface area contributed by atoms with E-state index in [1.807, 2.05) is 6.08 Å². The number of nitrogens with zero attached hydrogens (tertiary/aromatic N) is 3. The number of likely N-dealkylation sites (tertiary alicyclic amines) is 1. The molecule has 1 fully saturated rings. The van der Waals surface area contributed by atoms with Crippen LogP contribution in [0.2, 0.25) is 0 Å². The molecular formula is C24H29F6N5O4. The minimum Gasteiger partial charge on any atom is -0.489 e. The SMILES string of the molecule is CCCCCC=CCOc1ccc(-c2noc([C@@H]3CCCN3C(=N)N)n2)cc1C(F)(F)F.O=C(O)C(F)(F)F. The summed E-state index contributed by atoms with van der Waals surface area (Å²) in [6, 6.07) is 3.37. The predicted molar refractivity (Wildman–Crippen MR) is 128 cm³/mol. The van der Waals surface area contributed by atoms with E-state index in [-0.39, 0.29) is 41.6 Å². The lowest BCUT2D eigenvalue weighted by Gasteiger charge is -2.21. The Morgan fingerprint density at radius 2 is 1.95 bits per heavy atom. The van der Waals surface area contributed by atoms with Crippen LogP contribution in [0, 0.1) is 5.41 Å². The first-order valence-electron chi connectivity index (χ1n) is 12.0. The molecule has 15 heteroatoms. The molecule has 0 amide bonds. The fourth-order valence-electron chi connectivity index (χ4n) is 3.65. The predicted octanol–water partition coefficient (Wildman–Crippen LogP) is 5.93. The second-order valence-electron chi connectivity index (χ2n) is 8.48. The Kier molecular flexibility index (Phi) is 11.2. The molecule has 0 aliphatic carbocycles. The number of carbonyl (C=O) groups is 1. The number of ether oxygens (including phenoxy) is 1. The highest BCUT2D eigenvalue weighted by atomic mass is 19.4. The summed E-state index contributed by atoms with van der Waals surface area (Å²) in [7, 11) is 0. The van der Waals surface area contributed by atoms with Crippen molar-refractivity contribution in [3.63, 3.8) is 0 Å². The van der Waals surface area contributed by atoms with Crippen molar-refractivity contribution < 1.29 is 45.5 Å². The van der Waals surface area contributed by atoms with Crippen molar-refractivity contribution in [2.45, 2.75) is 63.8 Å². The summed E-state index contributed by atoms with van der Waals surface area (Å²) in [5.41, 5.74) is 4.86. The van der Waals surface area contributed by atoms with Gasteiger partial charge in [-0.1, -0.05) is 37.1 Å². The first kappa shape index (κ1) is 31.4. The van der Waals surface area contributed by atoms with Crippen molar-refractivity contribution >= 4 is 11.9 Å². The van der Waals surface area contributed by atoms with Crippen LogP contribution in [0.1, 0.15) is 62.9 Å². The molecule has 1 aliphatic rings. The van der Waals surface area contributed by atoms with E-state index in [2.05, 4.69) is 17.1 Å². The Bertz CT molecular complexity index is 1130. The maximum Gasteiger partial charge on any atom is 0.490 e. The van der Waals surface area contributed by atoms with Crippen LogP contribution in [0.3, 0.4) is 0 Å². The van der Waals surface area contributed by atoms with Gasteiger partial charge in [0.25, 0.3) is 0 Å². The number of hydrogen-bond donors (Lipinski definition) is 3. The number of rotatable bonds is 9. The van der Waals surface area contributed by atoms with Crippen LogP contribution in [0.15, 0.2) is 34.9 Å². The average Bonchev–Trinajstić information content (AvgIpc) is 3.52. The summed E-state index contributed by atoms with van der Waals surface area (Å²) in [6.45, 7) is 2.76. The fourth-order valence-corrected chi connectivity index (χ4v) is 3.65. The third kappa shape index (κ3) is 9.48. The molecule has 0 spiro atoms. The highest BCUT2D eigenvalue weighted by Crippen LogP contribution is 2.39. The molecule has 1 aromatic heterocycles. The number of benzene rings is 1. The number of hydrogen-bond acceptors (Lipinski definition) is 6. The van der Waals surface area contributed by atoms with Gasteiger partial charge < -0.3 is 25.0 Å². The van der Waals surface area contributed by atoms with Gasteiger partial charge in [-0.15, -0.1) is 0 Å². The molecular weight excluding hydrogens is 536 g/mol. The van der Waals surface area contributed by atoms with E-state index < -0.39 is 23.9 Å². The first-order chi connectivity index (χ1) is 18.3. The first-order valence-corrected chi connectivity index (χ1v) is 12.0. The maximum absolute atomic E-state index is 13.6. The highest BCUT2D eigenvalue weighted by molar-refractivity contribution is 5.75. The number of alkyl halides is 6. The van der Waals surface area contributed by atoms with Crippen molar-refractivity contribution in [3.8, 4) is 17.1 Å².